The number of hydrogen-bond donors (Lipinski definition) is 4. The van der Waals surface area contributed by atoms with E-state index in [-0.39, 0.29) is 18.4 Å². The molecule has 1 aliphatic carbocycles. The highest BCUT2D eigenvalue weighted by Crippen LogP contribution is 2.32. The second-order valence-electron chi connectivity index (χ2n) is 11.3. The van der Waals surface area contributed by atoms with Crippen LogP contribution in [0.2, 0.25) is 0 Å². The fraction of sp³-hybridized carbons (Fsp3) is 0.412. The lowest BCUT2D eigenvalue weighted by Gasteiger charge is -2.29. The molecule has 6 atom stereocenters. The molecule has 3 aromatic carbocycles. The molecular formula is C34H40N2O6. The van der Waals surface area contributed by atoms with Crippen LogP contribution in [0.25, 0.3) is 0 Å². The van der Waals surface area contributed by atoms with Gasteiger partial charge in [-0.05, 0) is 54.4 Å². The highest BCUT2D eigenvalue weighted by atomic mass is 16.6. The fourth-order valence-corrected chi connectivity index (χ4v) is 5.95. The van der Waals surface area contributed by atoms with Crippen molar-refractivity contribution in [2.75, 3.05) is 13.2 Å². The van der Waals surface area contributed by atoms with Crippen LogP contribution >= 0.6 is 0 Å². The average Bonchev–Trinajstić information content (AvgIpc) is 3.32. The lowest BCUT2D eigenvalue weighted by atomic mass is 9.88. The quantitative estimate of drug-likeness (QED) is 0.277. The Morgan fingerprint density at radius 2 is 1.60 bits per heavy atom. The average molecular weight is 573 g/mol. The first kappa shape index (κ1) is 29.8. The summed E-state index contributed by atoms with van der Waals surface area (Å²) in [6, 6.07) is 25.8. The number of carbonyl (C=O) groups excluding carboxylic acids is 2. The molecule has 0 saturated carbocycles. The number of amides is 2. The van der Waals surface area contributed by atoms with Gasteiger partial charge in [0, 0.05) is 18.9 Å². The Hall–Kier alpha value is -3.72. The third kappa shape index (κ3) is 7.97. The zero-order chi connectivity index (χ0) is 29.3. The molecule has 0 spiro atoms. The third-order valence-electron chi connectivity index (χ3n) is 8.18. The Kier molecular flexibility index (Phi) is 10.2. The Labute approximate surface area is 247 Å². The molecule has 0 radical (unpaired) electrons. The molecule has 1 saturated heterocycles. The summed E-state index contributed by atoms with van der Waals surface area (Å²) in [5.41, 5.74) is 3.83. The van der Waals surface area contributed by atoms with Gasteiger partial charge < -0.3 is 30.3 Å². The Morgan fingerprint density at radius 3 is 2.29 bits per heavy atom. The van der Waals surface area contributed by atoms with E-state index >= 15 is 0 Å². The van der Waals surface area contributed by atoms with Gasteiger partial charge in [0.05, 0.1) is 30.9 Å². The highest BCUT2D eigenvalue weighted by Gasteiger charge is 2.35. The number of benzene rings is 3. The number of carbonyl (C=O) groups is 2. The summed E-state index contributed by atoms with van der Waals surface area (Å²) < 4.78 is 11.0. The fourth-order valence-electron chi connectivity index (χ4n) is 5.95. The van der Waals surface area contributed by atoms with Gasteiger partial charge in [0.2, 0.25) is 5.91 Å². The van der Waals surface area contributed by atoms with Crippen LogP contribution < -0.4 is 10.6 Å². The van der Waals surface area contributed by atoms with E-state index in [2.05, 4.69) is 10.6 Å². The summed E-state index contributed by atoms with van der Waals surface area (Å²) in [6.07, 6.45) is 0.202. The van der Waals surface area contributed by atoms with Gasteiger partial charge in [-0.15, -0.1) is 0 Å². The minimum absolute atomic E-state index is 0.107. The number of nitrogens with one attached hydrogen (secondary N) is 2. The molecule has 2 amide bonds. The first-order chi connectivity index (χ1) is 20.5. The summed E-state index contributed by atoms with van der Waals surface area (Å²) >= 11 is 0. The molecule has 0 bridgehead atoms. The van der Waals surface area contributed by atoms with Gasteiger partial charge in [-0.2, -0.15) is 0 Å². The molecule has 4 N–H and O–H groups in total. The molecular weight excluding hydrogens is 532 g/mol. The van der Waals surface area contributed by atoms with E-state index in [1.807, 2.05) is 84.9 Å². The van der Waals surface area contributed by atoms with Crippen molar-refractivity contribution >= 4 is 12.0 Å². The summed E-state index contributed by atoms with van der Waals surface area (Å²) in [7, 11) is 0. The van der Waals surface area contributed by atoms with Gasteiger partial charge in [0.15, 0.2) is 0 Å². The smallest absolute Gasteiger partial charge is 0.407 e. The predicted octanol–water partition coefficient (Wildman–Crippen LogP) is 3.89. The SMILES string of the molecule is O=C(N[C@@H](Cc1ccccc1)[C@@H](O)C[C@@H](Cc1ccccc1)C(=O)N[C@H]1c2ccccc2C[C@H]1O)O[C@H]1CCCOC1. The Bertz CT molecular complexity index is 1300. The lowest BCUT2D eigenvalue weighted by Crippen LogP contribution is -2.48. The molecule has 2 aliphatic rings. The largest absolute Gasteiger partial charge is 0.444 e. The first-order valence-electron chi connectivity index (χ1n) is 14.8. The number of ether oxygens (including phenoxy) is 2. The molecule has 1 aliphatic heterocycles. The van der Waals surface area contributed by atoms with Crippen LogP contribution in [0.1, 0.15) is 47.6 Å². The first-order valence-corrected chi connectivity index (χ1v) is 14.8. The van der Waals surface area contributed by atoms with Crippen molar-refractivity contribution in [1.82, 2.24) is 10.6 Å². The van der Waals surface area contributed by atoms with Crippen LogP contribution in [0.15, 0.2) is 84.9 Å². The van der Waals surface area contributed by atoms with Crippen molar-refractivity contribution in [2.45, 2.75) is 68.9 Å². The van der Waals surface area contributed by atoms with Crippen molar-refractivity contribution in [3.05, 3.63) is 107 Å². The van der Waals surface area contributed by atoms with Crippen LogP contribution in [0.5, 0.6) is 0 Å². The van der Waals surface area contributed by atoms with Gasteiger partial charge in [0.1, 0.15) is 6.10 Å². The Morgan fingerprint density at radius 1 is 0.929 bits per heavy atom. The van der Waals surface area contributed by atoms with E-state index in [9.17, 15) is 19.8 Å². The minimum Gasteiger partial charge on any atom is -0.444 e. The van der Waals surface area contributed by atoms with Gasteiger partial charge in [-0.25, -0.2) is 4.79 Å². The molecule has 42 heavy (non-hydrogen) atoms. The molecule has 5 rings (SSSR count). The second-order valence-corrected chi connectivity index (χ2v) is 11.3. The van der Waals surface area contributed by atoms with Crippen molar-refractivity contribution in [3.63, 3.8) is 0 Å². The zero-order valence-corrected chi connectivity index (χ0v) is 23.7. The molecule has 0 aromatic heterocycles. The molecule has 0 unspecified atom stereocenters. The maximum Gasteiger partial charge on any atom is 0.407 e. The van der Waals surface area contributed by atoms with Crippen molar-refractivity contribution in [1.29, 1.82) is 0 Å². The van der Waals surface area contributed by atoms with Crippen LogP contribution in [0.3, 0.4) is 0 Å². The lowest BCUT2D eigenvalue weighted by molar-refractivity contribution is -0.127. The Balaban J connectivity index is 1.32. The number of aliphatic hydroxyl groups excluding tert-OH is 2. The highest BCUT2D eigenvalue weighted by molar-refractivity contribution is 5.80. The number of alkyl carbamates (subject to hydrolysis) is 1. The molecule has 1 heterocycles. The van der Waals surface area contributed by atoms with Crippen LogP contribution in [-0.2, 0) is 33.5 Å². The second kappa shape index (κ2) is 14.4. The van der Waals surface area contributed by atoms with Gasteiger partial charge >= 0.3 is 6.09 Å². The minimum atomic E-state index is -1.04. The maximum absolute atomic E-state index is 13.8. The summed E-state index contributed by atoms with van der Waals surface area (Å²) in [4.78, 5) is 26.7. The van der Waals surface area contributed by atoms with Crippen LogP contribution in [0.4, 0.5) is 4.79 Å². The summed E-state index contributed by atoms with van der Waals surface area (Å²) in [5.74, 6) is -0.857. The molecule has 3 aromatic rings. The summed E-state index contributed by atoms with van der Waals surface area (Å²) in [5, 5.41) is 28.3. The van der Waals surface area contributed by atoms with E-state index in [0.717, 1.165) is 35.1 Å². The van der Waals surface area contributed by atoms with Gasteiger partial charge in [0.25, 0.3) is 0 Å². The molecule has 8 heteroatoms. The van der Waals surface area contributed by atoms with E-state index in [1.54, 1.807) is 0 Å². The van der Waals surface area contributed by atoms with E-state index < -0.39 is 36.3 Å². The van der Waals surface area contributed by atoms with Gasteiger partial charge in [-0.3, -0.25) is 4.79 Å². The van der Waals surface area contributed by atoms with Crippen molar-refractivity contribution in [3.8, 4) is 0 Å². The van der Waals surface area contributed by atoms with Crippen LogP contribution in [0, 0.1) is 5.92 Å². The molecule has 222 valence electrons. The van der Waals surface area contributed by atoms with Crippen molar-refractivity contribution < 1.29 is 29.3 Å². The predicted molar refractivity (Wildman–Crippen MR) is 159 cm³/mol. The topological polar surface area (TPSA) is 117 Å². The van der Waals surface area contributed by atoms with Crippen molar-refractivity contribution in [2.24, 2.45) is 5.92 Å². The third-order valence-corrected chi connectivity index (χ3v) is 8.18. The number of rotatable bonds is 11. The van der Waals surface area contributed by atoms with E-state index in [1.165, 1.54) is 0 Å². The van der Waals surface area contributed by atoms with E-state index in [0.29, 0.717) is 32.5 Å². The molecule has 1 fully saturated rings. The standard InChI is InChI=1S/C34H40N2O6/c37-30(29(19-24-12-5-2-6-13-24)35-34(40)42-27-15-9-17-41-22-27)21-26(18-23-10-3-1-4-11-23)33(39)36-32-28-16-8-7-14-25(28)20-31(32)38/h1-8,10-14,16,26-27,29-32,37-38H,9,15,17-22H2,(H,35,40)(H,36,39)/t26-,27+,29+,30+,31-,32+/m1/s1. The monoisotopic (exact) mass is 572 g/mol. The number of fused-ring (bicyclic) bond motifs is 1. The number of hydrogen-bond acceptors (Lipinski definition) is 6. The van der Waals surface area contributed by atoms with Gasteiger partial charge in [-0.1, -0.05) is 84.9 Å². The molecule has 8 nitrogen and oxygen atoms in total. The summed E-state index contributed by atoms with van der Waals surface area (Å²) in [6.45, 7) is 1.01. The van der Waals surface area contributed by atoms with E-state index in [4.69, 9.17) is 9.47 Å². The number of aliphatic hydroxyl groups is 2. The maximum atomic E-state index is 13.8. The van der Waals surface area contributed by atoms with Crippen LogP contribution in [-0.4, -0.2) is 59.8 Å². The zero-order valence-electron chi connectivity index (χ0n) is 23.7. The normalized spacial score (nSPS) is 21.9.